The van der Waals surface area contributed by atoms with Crippen LogP contribution in [0.25, 0.3) is 0 Å². The van der Waals surface area contributed by atoms with Crippen molar-refractivity contribution in [3.8, 4) is 0 Å². The maximum Gasteiger partial charge on any atom is 0.0461 e. The highest BCUT2D eigenvalue weighted by Crippen LogP contribution is 2.54. The summed E-state index contributed by atoms with van der Waals surface area (Å²) >= 11 is 8.31. The van der Waals surface area contributed by atoms with E-state index in [-0.39, 0.29) is 0 Å². The second-order valence-corrected chi connectivity index (χ2v) is 5.64. The molecule has 0 spiro atoms. The van der Waals surface area contributed by atoms with Crippen molar-refractivity contribution in [3.63, 3.8) is 0 Å². The van der Waals surface area contributed by atoms with Gasteiger partial charge in [-0.05, 0) is 36.5 Å². The van der Waals surface area contributed by atoms with E-state index in [0.29, 0.717) is 10.6 Å². The Labute approximate surface area is 83.7 Å². The third-order valence-corrected chi connectivity index (χ3v) is 5.66. The van der Waals surface area contributed by atoms with Crippen LogP contribution in [0.3, 0.4) is 0 Å². The quantitative estimate of drug-likeness (QED) is 0.541. The third-order valence-electron chi connectivity index (χ3n) is 3.18. The minimum Gasteiger partial charge on any atom is -0.125 e. The summed E-state index contributed by atoms with van der Waals surface area (Å²) in [5.74, 6) is 1.64. The predicted molar refractivity (Wildman–Crippen MR) is 56.7 cm³/mol. The molecule has 2 heteroatoms. The lowest BCUT2D eigenvalue weighted by Gasteiger charge is -2.29. The lowest BCUT2D eigenvalue weighted by atomic mass is 9.80. The zero-order valence-corrected chi connectivity index (χ0v) is 9.16. The van der Waals surface area contributed by atoms with Crippen molar-refractivity contribution in [1.82, 2.24) is 0 Å². The summed E-state index contributed by atoms with van der Waals surface area (Å²) in [5.41, 5.74) is 0. The highest BCUT2D eigenvalue weighted by Gasteiger charge is 2.44. The van der Waals surface area contributed by atoms with Gasteiger partial charge in [-0.1, -0.05) is 13.0 Å². The van der Waals surface area contributed by atoms with Crippen molar-refractivity contribution < 1.29 is 0 Å². The molecular formula is C10H15ClS. The molecule has 2 bridgehead atoms. The topological polar surface area (TPSA) is 0 Å². The van der Waals surface area contributed by atoms with E-state index in [2.05, 4.69) is 19.9 Å². The first-order valence-corrected chi connectivity index (χ1v) is 6.02. The van der Waals surface area contributed by atoms with E-state index in [4.69, 9.17) is 11.6 Å². The number of thioether (sulfide) groups is 1. The summed E-state index contributed by atoms with van der Waals surface area (Å²) in [6, 6.07) is 0. The Balaban J connectivity index is 2.24. The summed E-state index contributed by atoms with van der Waals surface area (Å²) in [6.07, 6.45) is 4.80. The highest BCUT2D eigenvalue weighted by molar-refractivity contribution is 8.04. The SMILES string of the molecule is C/C=C1\SC2C(Cl)CCC1C2C. The number of alkyl halides is 1. The summed E-state index contributed by atoms with van der Waals surface area (Å²) in [7, 11) is 0. The molecule has 0 nitrogen and oxygen atoms in total. The number of halogens is 1. The van der Waals surface area contributed by atoms with E-state index >= 15 is 0 Å². The lowest BCUT2D eigenvalue weighted by molar-refractivity contribution is 0.334. The molecule has 1 saturated heterocycles. The molecular weight excluding hydrogens is 188 g/mol. The number of allylic oxidation sites excluding steroid dienone is 2. The van der Waals surface area contributed by atoms with Crippen molar-refractivity contribution >= 4 is 23.4 Å². The zero-order valence-electron chi connectivity index (χ0n) is 7.59. The fourth-order valence-electron chi connectivity index (χ4n) is 2.43. The molecule has 12 heavy (non-hydrogen) atoms. The van der Waals surface area contributed by atoms with Crippen molar-refractivity contribution in [2.45, 2.75) is 37.3 Å². The summed E-state index contributed by atoms with van der Waals surface area (Å²) in [6.45, 7) is 4.51. The molecule has 1 saturated carbocycles. The molecule has 0 amide bonds. The number of hydrogen-bond acceptors (Lipinski definition) is 1. The molecule has 0 aromatic heterocycles. The number of hydrogen-bond donors (Lipinski definition) is 0. The average Bonchev–Trinajstić information content (AvgIpc) is 2.26. The molecule has 2 fully saturated rings. The van der Waals surface area contributed by atoms with Gasteiger partial charge in [0.05, 0.1) is 0 Å². The van der Waals surface area contributed by atoms with Gasteiger partial charge in [-0.3, -0.25) is 0 Å². The van der Waals surface area contributed by atoms with Crippen LogP contribution in [-0.2, 0) is 0 Å². The molecule has 1 aliphatic carbocycles. The molecule has 68 valence electrons. The second-order valence-electron chi connectivity index (χ2n) is 3.83. The minimum absolute atomic E-state index is 0.415. The van der Waals surface area contributed by atoms with E-state index in [1.165, 1.54) is 12.8 Å². The van der Waals surface area contributed by atoms with Crippen LogP contribution < -0.4 is 0 Å². The van der Waals surface area contributed by atoms with Gasteiger partial charge in [0.25, 0.3) is 0 Å². The predicted octanol–water partition coefficient (Wildman–Crippen LogP) is 3.66. The molecule has 2 rings (SSSR count). The van der Waals surface area contributed by atoms with Gasteiger partial charge in [0, 0.05) is 10.6 Å². The Bertz CT molecular complexity index is 212. The smallest absolute Gasteiger partial charge is 0.0461 e. The fourth-order valence-corrected chi connectivity index (χ4v) is 4.59. The first kappa shape index (κ1) is 8.96. The van der Waals surface area contributed by atoms with Crippen molar-refractivity contribution in [1.29, 1.82) is 0 Å². The van der Waals surface area contributed by atoms with Gasteiger partial charge in [0.2, 0.25) is 0 Å². The Morgan fingerprint density at radius 2 is 2.25 bits per heavy atom. The Kier molecular flexibility index (Phi) is 2.44. The average molecular weight is 203 g/mol. The first-order chi connectivity index (χ1) is 5.74. The third kappa shape index (κ3) is 1.22. The molecule has 4 atom stereocenters. The van der Waals surface area contributed by atoms with Crippen molar-refractivity contribution in [3.05, 3.63) is 11.0 Å². The molecule has 1 aliphatic heterocycles. The van der Waals surface area contributed by atoms with Crippen molar-refractivity contribution in [2.75, 3.05) is 0 Å². The van der Waals surface area contributed by atoms with Crippen LogP contribution in [0.15, 0.2) is 11.0 Å². The monoisotopic (exact) mass is 202 g/mol. The zero-order chi connectivity index (χ0) is 8.72. The standard InChI is InChI=1S/C10H15ClS/c1-3-9-7-4-5-8(11)10(12-9)6(7)2/h3,6-8,10H,4-5H2,1-2H3/b9-3-. The fraction of sp³-hybridized carbons (Fsp3) is 0.800. The van der Waals surface area contributed by atoms with Gasteiger partial charge >= 0.3 is 0 Å². The van der Waals surface area contributed by atoms with E-state index in [1.54, 1.807) is 4.91 Å². The van der Waals surface area contributed by atoms with Crippen LogP contribution in [0.5, 0.6) is 0 Å². The maximum atomic E-state index is 6.28. The summed E-state index contributed by atoms with van der Waals surface area (Å²) < 4.78 is 0. The van der Waals surface area contributed by atoms with Gasteiger partial charge in [-0.2, -0.15) is 0 Å². The number of rotatable bonds is 0. The van der Waals surface area contributed by atoms with Crippen molar-refractivity contribution in [2.24, 2.45) is 11.8 Å². The lowest BCUT2D eigenvalue weighted by Crippen LogP contribution is -2.29. The summed E-state index contributed by atoms with van der Waals surface area (Å²) in [5, 5.41) is 1.11. The van der Waals surface area contributed by atoms with E-state index in [1.807, 2.05) is 11.8 Å². The molecule has 0 radical (unpaired) electrons. The van der Waals surface area contributed by atoms with Crippen LogP contribution >= 0.6 is 23.4 Å². The Morgan fingerprint density at radius 3 is 2.83 bits per heavy atom. The van der Waals surface area contributed by atoms with Crippen LogP contribution in [-0.4, -0.2) is 10.6 Å². The van der Waals surface area contributed by atoms with E-state index in [0.717, 1.165) is 11.8 Å². The maximum absolute atomic E-state index is 6.28. The van der Waals surface area contributed by atoms with Gasteiger partial charge in [0.15, 0.2) is 0 Å². The van der Waals surface area contributed by atoms with Gasteiger partial charge in [-0.15, -0.1) is 23.4 Å². The Morgan fingerprint density at radius 1 is 1.50 bits per heavy atom. The van der Waals surface area contributed by atoms with Crippen LogP contribution in [0.4, 0.5) is 0 Å². The second kappa shape index (κ2) is 3.26. The van der Waals surface area contributed by atoms with Crippen LogP contribution in [0, 0.1) is 11.8 Å². The molecule has 0 aromatic carbocycles. The van der Waals surface area contributed by atoms with Crippen LogP contribution in [0.1, 0.15) is 26.7 Å². The molecule has 4 unspecified atom stereocenters. The largest absolute Gasteiger partial charge is 0.125 e. The molecule has 0 N–H and O–H groups in total. The van der Waals surface area contributed by atoms with Gasteiger partial charge in [-0.25, -0.2) is 0 Å². The highest BCUT2D eigenvalue weighted by atomic mass is 35.5. The first-order valence-electron chi connectivity index (χ1n) is 4.71. The Hall–Kier alpha value is 0.380. The van der Waals surface area contributed by atoms with Crippen LogP contribution in [0.2, 0.25) is 0 Å². The summed E-state index contributed by atoms with van der Waals surface area (Å²) in [4.78, 5) is 1.59. The normalized spacial score (nSPS) is 50.1. The molecule has 1 heterocycles. The van der Waals surface area contributed by atoms with E-state index in [9.17, 15) is 0 Å². The van der Waals surface area contributed by atoms with Gasteiger partial charge in [0.1, 0.15) is 0 Å². The minimum atomic E-state index is 0.415. The molecule has 2 aliphatic rings. The van der Waals surface area contributed by atoms with E-state index < -0.39 is 0 Å². The number of fused-ring (bicyclic) bond motifs is 2. The van der Waals surface area contributed by atoms with Gasteiger partial charge < -0.3 is 0 Å². The molecule has 0 aromatic rings.